The van der Waals surface area contributed by atoms with Gasteiger partial charge in [0.25, 0.3) is 11.6 Å². The van der Waals surface area contributed by atoms with Crippen molar-refractivity contribution < 1.29 is 14.5 Å². The maximum absolute atomic E-state index is 11.7. The average molecular weight is 376 g/mol. The summed E-state index contributed by atoms with van der Waals surface area (Å²) in [6, 6.07) is 11.7. The predicted octanol–water partition coefficient (Wildman–Crippen LogP) is 2.52. The molecule has 0 radical (unpaired) electrons. The SMILES string of the molecule is O=C(CNC(=O)Nc1cccc(Cl)c1)N/N=C/c1cccc([N+](=O)[O-])c1. The number of nitrogens with one attached hydrogen (secondary N) is 3. The number of benzene rings is 2. The molecule has 26 heavy (non-hydrogen) atoms. The van der Waals surface area contributed by atoms with E-state index in [9.17, 15) is 19.7 Å². The molecule has 0 aliphatic heterocycles. The molecule has 0 saturated carbocycles. The van der Waals surface area contributed by atoms with Crippen LogP contribution in [0, 0.1) is 10.1 Å². The molecule has 9 nitrogen and oxygen atoms in total. The number of carbonyl (C=O) groups is 2. The fourth-order valence-corrected chi connectivity index (χ4v) is 2.03. The average Bonchev–Trinajstić information content (AvgIpc) is 2.60. The van der Waals surface area contributed by atoms with Crippen molar-refractivity contribution in [2.24, 2.45) is 5.10 Å². The highest BCUT2D eigenvalue weighted by Gasteiger charge is 2.06. The van der Waals surface area contributed by atoms with Gasteiger partial charge in [-0.2, -0.15) is 5.10 Å². The second kappa shape index (κ2) is 9.14. The molecule has 0 aromatic heterocycles. The summed E-state index contributed by atoms with van der Waals surface area (Å²) in [4.78, 5) is 33.4. The fraction of sp³-hybridized carbons (Fsp3) is 0.0625. The Morgan fingerprint density at radius 1 is 1.19 bits per heavy atom. The molecule has 0 heterocycles. The summed E-state index contributed by atoms with van der Waals surface area (Å²) in [5.74, 6) is -0.562. The lowest BCUT2D eigenvalue weighted by Gasteiger charge is -2.07. The van der Waals surface area contributed by atoms with E-state index >= 15 is 0 Å². The number of anilines is 1. The summed E-state index contributed by atoms with van der Waals surface area (Å²) in [6.45, 7) is -0.307. The Hall–Kier alpha value is -3.46. The van der Waals surface area contributed by atoms with Gasteiger partial charge in [-0.3, -0.25) is 14.9 Å². The third-order valence-electron chi connectivity index (χ3n) is 2.98. The molecule has 2 aromatic carbocycles. The Labute approximate surface area is 153 Å². The highest BCUT2D eigenvalue weighted by atomic mass is 35.5. The smallest absolute Gasteiger partial charge is 0.319 e. The summed E-state index contributed by atoms with van der Waals surface area (Å²) < 4.78 is 0. The molecule has 0 spiro atoms. The lowest BCUT2D eigenvalue weighted by molar-refractivity contribution is -0.384. The van der Waals surface area contributed by atoms with Gasteiger partial charge in [-0.25, -0.2) is 10.2 Å². The van der Waals surface area contributed by atoms with E-state index in [1.807, 2.05) is 0 Å². The fourth-order valence-electron chi connectivity index (χ4n) is 1.84. The number of nitro groups is 1. The molecule has 0 atom stereocenters. The third-order valence-corrected chi connectivity index (χ3v) is 3.21. The van der Waals surface area contributed by atoms with Gasteiger partial charge in [0.05, 0.1) is 11.1 Å². The van der Waals surface area contributed by atoms with Crippen LogP contribution in [0.25, 0.3) is 0 Å². The number of carbonyl (C=O) groups excluding carboxylic acids is 2. The number of nitro benzene ring substituents is 1. The largest absolute Gasteiger partial charge is 0.329 e. The van der Waals surface area contributed by atoms with Crippen molar-refractivity contribution in [1.82, 2.24) is 10.7 Å². The number of halogens is 1. The zero-order valence-corrected chi connectivity index (χ0v) is 14.1. The van der Waals surface area contributed by atoms with Gasteiger partial charge in [-0.05, 0) is 18.2 Å². The van der Waals surface area contributed by atoms with Gasteiger partial charge in [-0.1, -0.05) is 29.8 Å². The van der Waals surface area contributed by atoms with Crippen LogP contribution in [0.4, 0.5) is 16.2 Å². The van der Waals surface area contributed by atoms with Crippen LogP contribution in [-0.4, -0.2) is 29.6 Å². The van der Waals surface area contributed by atoms with Crippen LogP contribution in [0.3, 0.4) is 0 Å². The molecule has 134 valence electrons. The molecule has 0 saturated heterocycles. The van der Waals surface area contributed by atoms with Crippen molar-refractivity contribution in [3.63, 3.8) is 0 Å². The van der Waals surface area contributed by atoms with Gasteiger partial charge in [0.2, 0.25) is 0 Å². The van der Waals surface area contributed by atoms with Crippen LogP contribution >= 0.6 is 11.6 Å². The van der Waals surface area contributed by atoms with Crippen LogP contribution < -0.4 is 16.1 Å². The molecule has 10 heteroatoms. The third kappa shape index (κ3) is 6.21. The van der Waals surface area contributed by atoms with Gasteiger partial charge in [0, 0.05) is 28.4 Å². The number of rotatable bonds is 6. The lowest BCUT2D eigenvalue weighted by Crippen LogP contribution is -2.37. The number of hydrazone groups is 1. The van der Waals surface area contributed by atoms with E-state index in [2.05, 4.69) is 21.2 Å². The molecular weight excluding hydrogens is 362 g/mol. The molecule has 0 aliphatic carbocycles. The lowest BCUT2D eigenvalue weighted by atomic mass is 10.2. The Kier molecular flexibility index (Phi) is 6.63. The first-order valence-electron chi connectivity index (χ1n) is 7.31. The Balaban J connectivity index is 1.77. The van der Waals surface area contributed by atoms with E-state index in [1.165, 1.54) is 24.4 Å². The van der Waals surface area contributed by atoms with Crippen molar-refractivity contribution in [2.75, 3.05) is 11.9 Å². The number of hydrogen-bond acceptors (Lipinski definition) is 5. The van der Waals surface area contributed by atoms with Crippen molar-refractivity contribution in [2.45, 2.75) is 0 Å². The van der Waals surface area contributed by atoms with E-state index in [-0.39, 0.29) is 12.2 Å². The van der Waals surface area contributed by atoms with E-state index in [1.54, 1.807) is 30.3 Å². The Morgan fingerprint density at radius 3 is 2.69 bits per heavy atom. The minimum atomic E-state index is -0.579. The maximum Gasteiger partial charge on any atom is 0.319 e. The monoisotopic (exact) mass is 375 g/mol. The molecule has 3 amide bonds. The predicted molar refractivity (Wildman–Crippen MR) is 97.3 cm³/mol. The van der Waals surface area contributed by atoms with Crippen molar-refractivity contribution >= 4 is 41.1 Å². The minimum Gasteiger partial charge on any atom is -0.329 e. The number of urea groups is 1. The van der Waals surface area contributed by atoms with Crippen LogP contribution in [0.15, 0.2) is 53.6 Å². The van der Waals surface area contributed by atoms with Crippen LogP contribution in [0.5, 0.6) is 0 Å². The number of non-ortho nitro benzene ring substituents is 1. The summed E-state index contributed by atoms with van der Waals surface area (Å²) in [7, 11) is 0. The van der Waals surface area contributed by atoms with Crippen LogP contribution in [0.2, 0.25) is 5.02 Å². The molecule has 2 rings (SSSR count). The second-order valence-corrected chi connectivity index (χ2v) is 5.40. The maximum atomic E-state index is 11.7. The van der Waals surface area contributed by atoms with Gasteiger partial charge < -0.3 is 10.6 Å². The first-order chi connectivity index (χ1) is 12.4. The summed E-state index contributed by atoms with van der Waals surface area (Å²) in [6.07, 6.45) is 1.26. The van der Waals surface area contributed by atoms with Gasteiger partial charge in [0.1, 0.15) is 6.54 Å². The zero-order valence-electron chi connectivity index (χ0n) is 13.3. The van der Waals surface area contributed by atoms with Crippen molar-refractivity contribution in [3.05, 3.63) is 69.2 Å². The molecular formula is C16H14ClN5O4. The summed E-state index contributed by atoms with van der Waals surface area (Å²) in [5.41, 5.74) is 3.06. The molecule has 0 aliphatic rings. The zero-order chi connectivity index (χ0) is 18.9. The number of amides is 3. The number of hydrogen-bond donors (Lipinski definition) is 3. The second-order valence-electron chi connectivity index (χ2n) is 4.96. The van der Waals surface area contributed by atoms with Crippen molar-refractivity contribution in [3.8, 4) is 0 Å². The number of nitrogens with zero attached hydrogens (tertiary/aromatic N) is 2. The molecule has 0 bridgehead atoms. The first-order valence-corrected chi connectivity index (χ1v) is 7.68. The molecule has 0 unspecified atom stereocenters. The molecule has 2 aromatic rings. The van der Waals surface area contributed by atoms with Gasteiger partial charge in [-0.15, -0.1) is 0 Å². The van der Waals surface area contributed by atoms with Gasteiger partial charge >= 0.3 is 6.03 Å². The normalized spacial score (nSPS) is 10.3. The Morgan fingerprint density at radius 2 is 1.96 bits per heavy atom. The first kappa shape index (κ1) is 18.9. The highest BCUT2D eigenvalue weighted by molar-refractivity contribution is 6.30. The van der Waals surface area contributed by atoms with E-state index < -0.39 is 16.9 Å². The van der Waals surface area contributed by atoms with Crippen molar-refractivity contribution in [1.29, 1.82) is 0 Å². The van der Waals surface area contributed by atoms with E-state index in [4.69, 9.17) is 11.6 Å². The standard InChI is InChI=1S/C16H14ClN5O4/c17-12-4-2-5-13(8-12)20-16(24)18-10-15(23)21-19-9-11-3-1-6-14(7-11)22(25)26/h1-9H,10H2,(H,21,23)(H2,18,20,24)/b19-9+. The van der Waals surface area contributed by atoms with Crippen LogP contribution in [-0.2, 0) is 4.79 Å². The quantitative estimate of drug-likeness (QED) is 0.407. The topological polar surface area (TPSA) is 126 Å². The summed E-state index contributed by atoms with van der Waals surface area (Å²) >= 11 is 5.80. The minimum absolute atomic E-state index is 0.0837. The highest BCUT2D eigenvalue weighted by Crippen LogP contribution is 2.14. The Bertz CT molecular complexity index is 856. The van der Waals surface area contributed by atoms with Crippen LogP contribution in [0.1, 0.15) is 5.56 Å². The molecule has 3 N–H and O–H groups in total. The van der Waals surface area contributed by atoms with Gasteiger partial charge in [0.15, 0.2) is 0 Å². The van der Waals surface area contributed by atoms with E-state index in [0.717, 1.165) is 0 Å². The summed E-state index contributed by atoms with van der Waals surface area (Å²) in [5, 5.41) is 19.7. The molecule has 0 fully saturated rings. The van der Waals surface area contributed by atoms with E-state index in [0.29, 0.717) is 16.3 Å².